The lowest BCUT2D eigenvalue weighted by Gasteiger charge is -2.06. The van der Waals surface area contributed by atoms with Crippen molar-refractivity contribution in [3.05, 3.63) is 50.4 Å². The molecule has 0 amide bonds. The fraction of sp³-hybridized carbons (Fsp3) is 0.250. The maximum absolute atomic E-state index is 12.3. The summed E-state index contributed by atoms with van der Waals surface area (Å²) in [4.78, 5) is 36.5. The normalized spacial score (nSPS) is 11.2. The highest BCUT2D eigenvalue weighted by atomic mass is 35.5. The van der Waals surface area contributed by atoms with E-state index in [1.165, 1.54) is 23.2 Å². The molecule has 0 saturated carbocycles. The average molecular weight is 307 g/mol. The van der Waals surface area contributed by atoms with Crippen LogP contribution in [-0.2, 0) is 20.6 Å². The van der Waals surface area contributed by atoms with E-state index in [4.69, 9.17) is 11.6 Å². The summed E-state index contributed by atoms with van der Waals surface area (Å²) in [6.45, 7) is 0.198. The van der Waals surface area contributed by atoms with Crippen molar-refractivity contribution in [2.75, 3.05) is 0 Å². The van der Waals surface area contributed by atoms with E-state index in [-0.39, 0.29) is 23.0 Å². The lowest BCUT2D eigenvalue weighted by Crippen LogP contribution is -2.37. The highest BCUT2D eigenvalue weighted by Gasteiger charge is 2.18. The smallest absolute Gasteiger partial charge is 0.301 e. The largest absolute Gasteiger partial charge is 0.332 e. The van der Waals surface area contributed by atoms with E-state index in [0.717, 1.165) is 4.57 Å². The van der Waals surface area contributed by atoms with Crippen LogP contribution in [0.1, 0.15) is 5.82 Å². The molecule has 3 aromatic rings. The molecule has 0 fully saturated rings. The van der Waals surface area contributed by atoms with Gasteiger partial charge in [-0.15, -0.1) is 0 Å². The molecule has 0 saturated heterocycles. The van der Waals surface area contributed by atoms with Crippen LogP contribution < -0.4 is 11.2 Å². The first kappa shape index (κ1) is 13.5. The van der Waals surface area contributed by atoms with Crippen molar-refractivity contribution in [1.29, 1.82) is 0 Å². The standard InChI is InChI=1S/C12H11ClN6O2/c1-17-9-8(10(20)18(2)12(17)21)19(11(13)16-9)6-7-14-4-3-5-15-7/h3-5H,6H2,1-2H3. The molecule has 3 aromatic heterocycles. The molecule has 108 valence electrons. The highest BCUT2D eigenvalue weighted by molar-refractivity contribution is 6.29. The molecule has 0 bridgehead atoms. The van der Waals surface area contributed by atoms with Crippen molar-refractivity contribution in [3.8, 4) is 0 Å². The first-order chi connectivity index (χ1) is 10.0. The molecule has 0 N–H and O–H groups in total. The Morgan fingerprint density at radius 1 is 1.14 bits per heavy atom. The molecule has 8 nitrogen and oxygen atoms in total. The molecule has 3 rings (SSSR count). The Balaban J connectivity index is 2.32. The Morgan fingerprint density at radius 2 is 1.81 bits per heavy atom. The van der Waals surface area contributed by atoms with Crippen LogP contribution in [0.5, 0.6) is 0 Å². The summed E-state index contributed by atoms with van der Waals surface area (Å²) in [6, 6.07) is 1.69. The molecular weight excluding hydrogens is 296 g/mol. The summed E-state index contributed by atoms with van der Waals surface area (Å²) in [5.41, 5.74) is -0.422. The second kappa shape index (κ2) is 4.81. The predicted molar refractivity (Wildman–Crippen MR) is 76.4 cm³/mol. The van der Waals surface area contributed by atoms with E-state index in [1.807, 2.05) is 0 Å². The lowest BCUT2D eigenvalue weighted by atomic mass is 10.4. The zero-order valence-electron chi connectivity index (χ0n) is 11.3. The molecule has 0 atom stereocenters. The number of aromatic nitrogens is 6. The van der Waals surface area contributed by atoms with Gasteiger partial charge in [0.1, 0.15) is 5.82 Å². The number of hydrogen-bond acceptors (Lipinski definition) is 5. The van der Waals surface area contributed by atoms with Gasteiger partial charge in [0.2, 0.25) is 5.28 Å². The minimum absolute atomic E-state index is 0.107. The molecule has 0 aliphatic carbocycles. The van der Waals surface area contributed by atoms with Crippen LogP contribution in [0.3, 0.4) is 0 Å². The molecule has 0 aromatic carbocycles. The number of nitrogens with zero attached hydrogens (tertiary/aromatic N) is 6. The van der Waals surface area contributed by atoms with Gasteiger partial charge in [-0.2, -0.15) is 4.98 Å². The van der Waals surface area contributed by atoms with Crippen LogP contribution in [0.2, 0.25) is 5.28 Å². The van der Waals surface area contributed by atoms with E-state index >= 15 is 0 Å². The summed E-state index contributed by atoms with van der Waals surface area (Å²) in [5.74, 6) is 0.495. The van der Waals surface area contributed by atoms with Crippen molar-refractivity contribution >= 4 is 22.8 Å². The average Bonchev–Trinajstić information content (AvgIpc) is 2.81. The summed E-state index contributed by atoms with van der Waals surface area (Å²) >= 11 is 6.10. The van der Waals surface area contributed by atoms with E-state index in [1.54, 1.807) is 18.5 Å². The number of imidazole rings is 1. The van der Waals surface area contributed by atoms with Gasteiger partial charge in [0.25, 0.3) is 5.56 Å². The summed E-state index contributed by atoms with van der Waals surface area (Å²) < 4.78 is 3.79. The fourth-order valence-electron chi connectivity index (χ4n) is 2.12. The van der Waals surface area contributed by atoms with Gasteiger partial charge in [-0.3, -0.25) is 13.9 Å². The first-order valence-electron chi connectivity index (χ1n) is 6.08. The summed E-state index contributed by atoms with van der Waals surface area (Å²) in [7, 11) is 2.95. The number of halogens is 1. The highest BCUT2D eigenvalue weighted by Crippen LogP contribution is 2.16. The number of fused-ring (bicyclic) bond motifs is 1. The van der Waals surface area contributed by atoms with Crippen LogP contribution in [0.15, 0.2) is 28.0 Å². The third-order valence-electron chi connectivity index (χ3n) is 3.22. The monoisotopic (exact) mass is 306 g/mol. The topological polar surface area (TPSA) is 87.6 Å². The third-order valence-corrected chi connectivity index (χ3v) is 3.51. The summed E-state index contributed by atoms with van der Waals surface area (Å²) in [6.07, 6.45) is 3.20. The Morgan fingerprint density at radius 3 is 2.48 bits per heavy atom. The molecular formula is C12H11ClN6O2. The molecule has 0 unspecified atom stereocenters. The fourth-order valence-corrected chi connectivity index (χ4v) is 2.34. The zero-order chi connectivity index (χ0) is 15.1. The Hall–Kier alpha value is -2.48. The van der Waals surface area contributed by atoms with Gasteiger partial charge < -0.3 is 4.57 Å². The van der Waals surface area contributed by atoms with E-state index in [0.29, 0.717) is 5.82 Å². The van der Waals surface area contributed by atoms with Crippen molar-refractivity contribution in [2.45, 2.75) is 6.54 Å². The number of hydrogen-bond donors (Lipinski definition) is 0. The van der Waals surface area contributed by atoms with Gasteiger partial charge in [0, 0.05) is 26.5 Å². The van der Waals surface area contributed by atoms with Gasteiger partial charge in [-0.25, -0.2) is 14.8 Å². The number of aryl methyl sites for hydroxylation is 1. The van der Waals surface area contributed by atoms with Gasteiger partial charge in [-0.1, -0.05) is 0 Å². The van der Waals surface area contributed by atoms with Crippen LogP contribution in [0.25, 0.3) is 11.2 Å². The van der Waals surface area contributed by atoms with Crippen LogP contribution >= 0.6 is 11.6 Å². The van der Waals surface area contributed by atoms with Crippen LogP contribution in [0, 0.1) is 0 Å². The minimum atomic E-state index is -0.455. The molecule has 0 aliphatic heterocycles. The molecule has 0 radical (unpaired) electrons. The third kappa shape index (κ3) is 2.04. The van der Waals surface area contributed by atoms with Crippen molar-refractivity contribution in [1.82, 2.24) is 28.7 Å². The van der Waals surface area contributed by atoms with Gasteiger partial charge in [0.05, 0.1) is 6.54 Å². The van der Waals surface area contributed by atoms with Crippen molar-refractivity contribution in [3.63, 3.8) is 0 Å². The molecule has 9 heteroatoms. The Labute approximate surface area is 123 Å². The van der Waals surface area contributed by atoms with E-state index in [9.17, 15) is 9.59 Å². The Kier molecular flexibility index (Phi) is 3.09. The van der Waals surface area contributed by atoms with Gasteiger partial charge in [0.15, 0.2) is 11.2 Å². The second-order valence-electron chi connectivity index (χ2n) is 4.51. The molecule has 0 aliphatic rings. The summed E-state index contributed by atoms with van der Waals surface area (Å²) in [5, 5.41) is 0.107. The van der Waals surface area contributed by atoms with Crippen LogP contribution in [0.4, 0.5) is 0 Å². The lowest BCUT2D eigenvalue weighted by molar-refractivity contribution is 0.698. The van der Waals surface area contributed by atoms with Crippen molar-refractivity contribution in [2.24, 2.45) is 14.1 Å². The van der Waals surface area contributed by atoms with Crippen molar-refractivity contribution < 1.29 is 0 Å². The zero-order valence-corrected chi connectivity index (χ0v) is 12.1. The Bertz CT molecular complexity index is 940. The minimum Gasteiger partial charge on any atom is -0.301 e. The SMILES string of the molecule is Cn1c(=O)c2c(nc(Cl)n2Cc2ncccn2)n(C)c1=O. The van der Waals surface area contributed by atoms with Gasteiger partial charge >= 0.3 is 5.69 Å². The van der Waals surface area contributed by atoms with E-state index < -0.39 is 11.2 Å². The quantitative estimate of drug-likeness (QED) is 0.618. The van der Waals surface area contributed by atoms with Gasteiger partial charge in [-0.05, 0) is 17.7 Å². The maximum Gasteiger partial charge on any atom is 0.332 e. The van der Waals surface area contributed by atoms with E-state index in [2.05, 4.69) is 15.0 Å². The molecule has 3 heterocycles. The number of rotatable bonds is 2. The second-order valence-corrected chi connectivity index (χ2v) is 4.85. The predicted octanol–water partition coefficient (Wildman–Crippen LogP) is -0.0746. The molecule has 0 spiro atoms. The molecule has 21 heavy (non-hydrogen) atoms. The first-order valence-corrected chi connectivity index (χ1v) is 6.46. The maximum atomic E-state index is 12.3. The van der Waals surface area contributed by atoms with Crippen LogP contribution in [-0.4, -0.2) is 28.7 Å².